The molecular weight excluding hydrogens is 418 g/mol. The third kappa shape index (κ3) is 5.20. The van der Waals surface area contributed by atoms with Crippen molar-refractivity contribution in [2.45, 2.75) is 26.5 Å². The van der Waals surface area contributed by atoms with E-state index in [-0.39, 0.29) is 5.91 Å². The van der Waals surface area contributed by atoms with Gasteiger partial charge in [-0.3, -0.25) is 14.4 Å². The average Bonchev–Trinajstić information content (AvgIpc) is 2.84. The Hall–Kier alpha value is -4.13. The Morgan fingerprint density at radius 1 is 0.970 bits per heavy atom. The van der Waals surface area contributed by atoms with Gasteiger partial charge in [0.25, 0.3) is 5.91 Å². The summed E-state index contributed by atoms with van der Waals surface area (Å²) >= 11 is 0. The summed E-state index contributed by atoms with van der Waals surface area (Å²) < 4.78 is 7.19. The summed E-state index contributed by atoms with van der Waals surface area (Å²) in [6.45, 7) is 3.15. The van der Waals surface area contributed by atoms with Gasteiger partial charge in [0.05, 0.1) is 11.0 Å². The lowest BCUT2D eigenvalue weighted by molar-refractivity contribution is 0.0954. The third-order valence-electron chi connectivity index (χ3n) is 5.42. The van der Waals surface area contributed by atoms with E-state index < -0.39 is 11.1 Å². The molecule has 3 aromatic carbocycles. The van der Waals surface area contributed by atoms with E-state index in [9.17, 15) is 14.4 Å². The van der Waals surface area contributed by atoms with Crippen LogP contribution in [0.4, 0.5) is 0 Å². The molecule has 0 radical (unpaired) electrons. The summed E-state index contributed by atoms with van der Waals surface area (Å²) in [6, 6.07) is 22.7. The Morgan fingerprint density at radius 3 is 2.45 bits per heavy atom. The lowest BCUT2D eigenvalue weighted by Gasteiger charge is -2.10. The van der Waals surface area contributed by atoms with Gasteiger partial charge < -0.3 is 19.6 Å². The highest BCUT2D eigenvalue weighted by Crippen LogP contribution is 2.15. The van der Waals surface area contributed by atoms with Crippen LogP contribution in [-0.2, 0) is 19.6 Å². The van der Waals surface area contributed by atoms with E-state index in [4.69, 9.17) is 4.74 Å². The maximum Gasteiger partial charge on any atom is 0.316 e. The molecule has 7 nitrogen and oxygen atoms in total. The second-order valence-corrected chi connectivity index (χ2v) is 7.66. The first kappa shape index (κ1) is 22.1. The molecule has 0 unspecified atom stereocenters. The van der Waals surface area contributed by atoms with Gasteiger partial charge in [-0.1, -0.05) is 42.5 Å². The molecule has 0 atom stereocenters. The fourth-order valence-electron chi connectivity index (χ4n) is 3.65. The van der Waals surface area contributed by atoms with Crippen molar-refractivity contribution in [1.82, 2.24) is 14.9 Å². The minimum absolute atomic E-state index is 0.241. The molecule has 7 heteroatoms. The summed E-state index contributed by atoms with van der Waals surface area (Å²) in [7, 11) is 0. The largest absolute Gasteiger partial charge is 0.489 e. The zero-order valence-electron chi connectivity index (χ0n) is 18.3. The van der Waals surface area contributed by atoms with E-state index in [1.54, 1.807) is 25.1 Å². The molecule has 0 spiro atoms. The lowest BCUT2D eigenvalue weighted by Crippen LogP contribution is -2.36. The number of fused-ring (bicyclic) bond motifs is 1. The number of H-pyrrole nitrogens is 1. The predicted octanol–water partition coefficient (Wildman–Crippen LogP) is 3.26. The molecule has 0 saturated heterocycles. The van der Waals surface area contributed by atoms with Crippen molar-refractivity contribution >= 4 is 16.9 Å². The van der Waals surface area contributed by atoms with Crippen molar-refractivity contribution in [3.8, 4) is 5.75 Å². The second kappa shape index (κ2) is 9.99. The van der Waals surface area contributed by atoms with Crippen LogP contribution in [0.15, 0.2) is 82.4 Å². The number of amides is 1. The Bertz CT molecular complexity index is 1370. The number of aryl methyl sites for hydroxylation is 1. The molecule has 0 saturated carbocycles. The van der Waals surface area contributed by atoms with Crippen LogP contribution < -0.4 is 21.2 Å². The first-order chi connectivity index (χ1) is 16.0. The Morgan fingerprint density at radius 2 is 1.73 bits per heavy atom. The predicted molar refractivity (Wildman–Crippen MR) is 128 cm³/mol. The van der Waals surface area contributed by atoms with Crippen molar-refractivity contribution < 1.29 is 9.53 Å². The molecule has 0 fully saturated rings. The highest BCUT2D eigenvalue weighted by Gasteiger charge is 2.10. The molecule has 1 aromatic heterocycles. The molecule has 0 bridgehead atoms. The summed E-state index contributed by atoms with van der Waals surface area (Å²) in [5, 5.41) is 2.90. The molecule has 4 rings (SSSR count). The number of nitrogens with zero attached hydrogens (tertiary/aromatic N) is 1. The first-order valence-corrected chi connectivity index (χ1v) is 10.9. The topological polar surface area (TPSA) is 93.2 Å². The molecule has 0 aliphatic heterocycles. The van der Waals surface area contributed by atoms with Gasteiger partial charge in [-0.05, 0) is 54.8 Å². The van der Waals surface area contributed by atoms with Crippen LogP contribution in [0.1, 0.15) is 28.4 Å². The molecule has 1 amide bonds. The average molecular weight is 444 g/mol. The molecule has 33 heavy (non-hydrogen) atoms. The van der Waals surface area contributed by atoms with Crippen molar-refractivity contribution in [3.63, 3.8) is 0 Å². The van der Waals surface area contributed by atoms with Crippen LogP contribution in [0, 0.1) is 0 Å². The van der Waals surface area contributed by atoms with Crippen molar-refractivity contribution in [1.29, 1.82) is 0 Å². The van der Waals surface area contributed by atoms with Crippen LogP contribution in [0.5, 0.6) is 5.75 Å². The number of carbonyl (C=O) groups excluding carboxylic acids is 1. The molecule has 1 heterocycles. The van der Waals surface area contributed by atoms with Gasteiger partial charge in [0.2, 0.25) is 0 Å². The molecular formula is C26H25N3O4. The molecule has 2 N–H and O–H groups in total. The molecule has 0 aliphatic carbocycles. The number of aromatic nitrogens is 2. The number of carbonyl (C=O) groups is 1. The van der Waals surface area contributed by atoms with Crippen LogP contribution >= 0.6 is 0 Å². The molecule has 168 valence electrons. The second-order valence-electron chi connectivity index (χ2n) is 7.66. The van der Waals surface area contributed by atoms with Crippen LogP contribution in [-0.4, -0.2) is 22.0 Å². The SMILES string of the molecule is CCn1c(=O)c(=O)[nH]c2cc(C(=O)NCCc3ccc(OCc4ccccc4)cc3)ccc21. The Balaban J connectivity index is 1.33. The first-order valence-electron chi connectivity index (χ1n) is 10.9. The lowest BCUT2D eigenvalue weighted by atomic mass is 10.1. The van der Waals surface area contributed by atoms with E-state index in [2.05, 4.69) is 10.3 Å². The smallest absolute Gasteiger partial charge is 0.316 e. The van der Waals surface area contributed by atoms with Crippen molar-refractivity contribution in [2.75, 3.05) is 6.54 Å². The summed E-state index contributed by atoms with van der Waals surface area (Å²) in [6.07, 6.45) is 0.671. The normalized spacial score (nSPS) is 10.8. The van der Waals surface area contributed by atoms with Crippen molar-refractivity contribution in [2.24, 2.45) is 0 Å². The summed E-state index contributed by atoms with van der Waals surface area (Å²) in [5.41, 5.74) is 2.37. The highest BCUT2D eigenvalue weighted by atomic mass is 16.5. The standard InChI is InChI=1S/C26H25N3O4/c1-2-29-23-13-10-20(16-22(23)28-25(31)26(29)32)24(30)27-15-14-18-8-11-21(12-9-18)33-17-19-6-4-3-5-7-19/h3-13,16H,2,14-15,17H2,1H3,(H,27,30)(H,28,31). The fourth-order valence-corrected chi connectivity index (χ4v) is 3.65. The number of aromatic amines is 1. The number of hydrogen-bond donors (Lipinski definition) is 2. The molecule has 0 aliphatic rings. The number of nitrogens with one attached hydrogen (secondary N) is 2. The number of ether oxygens (including phenoxy) is 1. The third-order valence-corrected chi connectivity index (χ3v) is 5.42. The Kier molecular flexibility index (Phi) is 6.69. The summed E-state index contributed by atoms with van der Waals surface area (Å²) in [4.78, 5) is 38.9. The van der Waals surface area contributed by atoms with E-state index in [0.29, 0.717) is 42.7 Å². The maximum atomic E-state index is 12.6. The van der Waals surface area contributed by atoms with Gasteiger partial charge in [-0.25, -0.2) is 0 Å². The van der Waals surface area contributed by atoms with Gasteiger partial charge in [-0.2, -0.15) is 0 Å². The van der Waals surface area contributed by atoms with Crippen LogP contribution in [0.2, 0.25) is 0 Å². The van der Waals surface area contributed by atoms with E-state index in [1.807, 2.05) is 54.6 Å². The van der Waals surface area contributed by atoms with E-state index in [1.165, 1.54) is 4.57 Å². The minimum Gasteiger partial charge on any atom is -0.489 e. The van der Waals surface area contributed by atoms with Crippen LogP contribution in [0.3, 0.4) is 0 Å². The van der Waals surface area contributed by atoms with Gasteiger partial charge >= 0.3 is 11.1 Å². The van der Waals surface area contributed by atoms with Crippen molar-refractivity contribution in [3.05, 3.63) is 110 Å². The maximum absolute atomic E-state index is 12.6. The summed E-state index contributed by atoms with van der Waals surface area (Å²) in [5.74, 6) is 0.553. The molecule has 4 aromatic rings. The zero-order valence-corrected chi connectivity index (χ0v) is 18.3. The van der Waals surface area contributed by atoms with Gasteiger partial charge in [0.15, 0.2) is 0 Å². The number of hydrogen-bond acceptors (Lipinski definition) is 4. The van der Waals surface area contributed by atoms with Gasteiger partial charge in [0, 0.05) is 18.7 Å². The highest BCUT2D eigenvalue weighted by molar-refractivity contribution is 5.97. The Labute approximate surface area is 190 Å². The van der Waals surface area contributed by atoms with E-state index >= 15 is 0 Å². The zero-order chi connectivity index (χ0) is 23.2. The van der Waals surface area contributed by atoms with Crippen LogP contribution in [0.25, 0.3) is 11.0 Å². The van der Waals surface area contributed by atoms with Gasteiger partial charge in [0.1, 0.15) is 12.4 Å². The van der Waals surface area contributed by atoms with E-state index in [0.717, 1.165) is 16.9 Å². The quantitative estimate of drug-likeness (QED) is 0.409. The number of benzene rings is 3. The fraction of sp³-hybridized carbons (Fsp3) is 0.192. The van der Waals surface area contributed by atoms with Gasteiger partial charge in [-0.15, -0.1) is 0 Å². The monoisotopic (exact) mass is 443 g/mol. The number of rotatable bonds is 8. The minimum atomic E-state index is -0.696.